The maximum absolute atomic E-state index is 5.30. The highest BCUT2D eigenvalue weighted by atomic mass is 32.2. The molecule has 0 bridgehead atoms. The van der Waals surface area contributed by atoms with Crippen LogP contribution >= 0.6 is 11.8 Å². The first-order chi connectivity index (χ1) is 8.38. The first-order valence-electron chi connectivity index (χ1n) is 6.33. The number of unbranched alkanes of at least 4 members (excludes halogenated alkanes) is 4. The van der Waals surface area contributed by atoms with Crippen molar-refractivity contribution in [2.24, 2.45) is 0 Å². The van der Waals surface area contributed by atoms with Crippen LogP contribution in [-0.2, 0) is 0 Å². The number of hydrogen-bond donors (Lipinski definition) is 0. The largest absolute Gasteiger partial charge is 0.496 e. The quantitative estimate of drug-likeness (QED) is 0.459. The van der Waals surface area contributed by atoms with Crippen LogP contribution in [-0.4, -0.2) is 7.11 Å². The van der Waals surface area contributed by atoms with Crippen LogP contribution in [0.4, 0.5) is 0 Å². The number of rotatable bonds is 8. The molecule has 0 aliphatic carbocycles. The number of thioether (sulfide) groups is 1. The van der Waals surface area contributed by atoms with E-state index in [0.717, 1.165) is 5.75 Å². The standard InChI is InChI=1S/C15H22OS/c1-3-4-5-6-7-10-13-17-15-12-9-8-11-14(15)16-2/h8-13H,3-7H2,1-2H3. The molecule has 0 N–H and O–H groups in total. The van der Waals surface area contributed by atoms with Crippen molar-refractivity contribution in [2.75, 3.05) is 7.11 Å². The Morgan fingerprint density at radius 2 is 2.00 bits per heavy atom. The molecule has 1 aromatic rings. The van der Waals surface area contributed by atoms with E-state index in [4.69, 9.17) is 4.74 Å². The number of para-hydroxylation sites is 1. The summed E-state index contributed by atoms with van der Waals surface area (Å²) in [5.74, 6) is 0.952. The van der Waals surface area contributed by atoms with E-state index in [1.807, 2.05) is 18.2 Å². The van der Waals surface area contributed by atoms with E-state index in [1.54, 1.807) is 18.9 Å². The van der Waals surface area contributed by atoms with Crippen LogP contribution in [0.3, 0.4) is 0 Å². The lowest BCUT2D eigenvalue weighted by Gasteiger charge is -2.04. The summed E-state index contributed by atoms with van der Waals surface area (Å²) < 4.78 is 5.30. The molecule has 0 unspecified atom stereocenters. The Bertz CT molecular complexity index is 333. The van der Waals surface area contributed by atoms with Crippen molar-refractivity contribution in [1.29, 1.82) is 0 Å². The van der Waals surface area contributed by atoms with Gasteiger partial charge < -0.3 is 4.74 Å². The maximum Gasteiger partial charge on any atom is 0.132 e. The molecule has 94 valence electrons. The number of hydrogen-bond acceptors (Lipinski definition) is 2. The van der Waals surface area contributed by atoms with E-state index in [9.17, 15) is 0 Å². The molecule has 1 rings (SSSR count). The fraction of sp³-hybridized carbons (Fsp3) is 0.467. The fourth-order valence-corrected chi connectivity index (χ4v) is 2.40. The van der Waals surface area contributed by atoms with E-state index in [-0.39, 0.29) is 0 Å². The van der Waals surface area contributed by atoms with Crippen LogP contribution in [0.15, 0.2) is 40.6 Å². The first-order valence-corrected chi connectivity index (χ1v) is 7.21. The van der Waals surface area contributed by atoms with Gasteiger partial charge in [0, 0.05) is 0 Å². The second kappa shape index (κ2) is 9.17. The Hall–Kier alpha value is -0.890. The molecular formula is C15H22OS. The van der Waals surface area contributed by atoms with Gasteiger partial charge in [-0.15, -0.1) is 0 Å². The van der Waals surface area contributed by atoms with Gasteiger partial charge in [0.25, 0.3) is 0 Å². The Balaban J connectivity index is 2.27. The summed E-state index contributed by atoms with van der Waals surface area (Å²) in [6.07, 6.45) is 8.75. The number of allylic oxidation sites excluding steroid dienone is 1. The zero-order valence-corrected chi connectivity index (χ0v) is 11.6. The molecule has 2 heteroatoms. The summed E-state index contributed by atoms with van der Waals surface area (Å²) in [6.45, 7) is 2.24. The van der Waals surface area contributed by atoms with E-state index in [1.165, 1.54) is 37.0 Å². The van der Waals surface area contributed by atoms with E-state index in [0.29, 0.717) is 0 Å². The molecule has 17 heavy (non-hydrogen) atoms. The summed E-state index contributed by atoms with van der Waals surface area (Å²) in [5, 5.41) is 2.17. The van der Waals surface area contributed by atoms with Gasteiger partial charge in [0.2, 0.25) is 0 Å². The molecule has 0 saturated carbocycles. The lowest BCUT2D eigenvalue weighted by atomic mass is 10.2. The Morgan fingerprint density at radius 1 is 1.18 bits per heavy atom. The maximum atomic E-state index is 5.30. The highest BCUT2D eigenvalue weighted by molar-refractivity contribution is 8.02. The molecule has 0 heterocycles. The average Bonchev–Trinajstić information content (AvgIpc) is 2.38. The molecule has 0 atom stereocenters. The van der Waals surface area contributed by atoms with Crippen molar-refractivity contribution in [3.63, 3.8) is 0 Å². The minimum absolute atomic E-state index is 0.952. The van der Waals surface area contributed by atoms with Gasteiger partial charge in [-0.2, -0.15) is 0 Å². The Labute approximate surface area is 109 Å². The van der Waals surface area contributed by atoms with E-state index < -0.39 is 0 Å². The zero-order chi connectivity index (χ0) is 12.3. The van der Waals surface area contributed by atoms with Gasteiger partial charge in [-0.1, -0.05) is 56.2 Å². The van der Waals surface area contributed by atoms with Crippen LogP contribution in [0.5, 0.6) is 5.75 Å². The number of ether oxygens (including phenoxy) is 1. The average molecular weight is 250 g/mol. The second-order valence-corrected chi connectivity index (χ2v) is 4.94. The van der Waals surface area contributed by atoms with E-state index in [2.05, 4.69) is 24.5 Å². The Morgan fingerprint density at radius 3 is 2.76 bits per heavy atom. The smallest absolute Gasteiger partial charge is 0.132 e. The predicted octanol–water partition coefficient (Wildman–Crippen LogP) is 5.27. The van der Waals surface area contributed by atoms with Crippen LogP contribution < -0.4 is 4.74 Å². The molecule has 0 saturated heterocycles. The highest BCUT2D eigenvalue weighted by Crippen LogP contribution is 2.29. The van der Waals surface area contributed by atoms with Gasteiger partial charge in [0.15, 0.2) is 0 Å². The minimum Gasteiger partial charge on any atom is -0.496 e. The predicted molar refractivity (Wildman–Crippen MR) is 76.8 cm³/mol. The molecule has 0 aromatic heterocycles. The van der Waals surface area contributed by atoms with Crippen molar-refractivity contribution in [1.82, 2.24) is 0 Å². The van der Waals surface area contributed by atoms with Crippen molar-refractivity contribution in [3.05, 3.63) is 35.7 Å². The molecular weight excluding hydrogens is 228 g/mol. The van der Waals surface area contributed by atoms with Gasteiger partial charge >= 0.3 is 0 Å². The van der Waals surface area contributed by atoms with Crippen LogP contribution in [0.1, 0.15) is 39.0 Å². The SMILES string of the molecule is CCCCCCC=CSc1ccccc1OC. The van der Waals surface area contributed by atoms with Gasteiger partial charge in [0.1, 0.15) is 5.75 Å². The first kappa shape index (κ1) is 14.2. The van der Waals surface area contributed by atoms with Crippen LogP contribution in [0.2, 0.25) is 0 Å². The van der Waals surface area contributed by atoms with Gasteiger partial charge in [-0.25, -0.2) is 0 Å². The zero-order valence-electron chi connectivity index (χ0n) is 10.8. The lowest BCUT2D eigenvalue weighted by Crippen LogP contribution is -1.83. The summed E-state index contributed by atoms with van der Waals surface area (Å²) in [7, 11) is 1.72. The van der Waals surface area contributed by atoms with Crippen molar-refractivity contribution in [2.45, 2.75) is 43.9 Å². The summed E-state index contributed by atoms with van der Waals surface area (Å²) in [6, 6.07) is 8.12. The summed E-state index contributed by atoms with van der Waals surface area (Å²) in [5.41, 5.74) is 0. The molecule has 0 amide bonds. The molecule has 1 nitrogen and oxygen atoms in total. The van der Waals surface area contributed by atoms with Crippen LogP contribution in [0.25, 0.3) is 0 Å². The van der Waals surface area contributed by atoms with Crippen LogP contribution in [0, 0.1) is 0 Å². The third kappa shape index (κ3) is 5.83. The molecule has 0 spiro atoms. The minimum atomic E-state index is 0.952. The topological polar surface area (TPSA) is 9.23 Å². The molecule has 1 aromatic carbocycles. The van der Waals surface area contributed by atoms with Crippen molar-refractivity contribution >= 4 is 11.8 Å². The molecule has 0 aliphatic rings. The van der Waals surface area contributed by atoms with E-state index >= 15 is 0 Å². The molecule has 0 fully saturated rings. The molecule has 0 radical (unpaired) electrons. The summed E-state index contributed by atoms with van der Waals surface area (Å²) in [4.78, 5) is 1.18. The lowest BCUT2D eigenvalue weighted by molar-refractivity contribution is 0.405. The Kier molecular flexibility index (Phi) is 7.65. The van der Waals surface area contributed by atoms with Gasteiger partial charge in [-0.3, -0.25) is 0 Å². The second-order valence-electron chi connectivity index (χ2n) is 3.99. The third-order valence-corrected chi connectivity index (χ3v) is 3.50. The fourth-order valence-electron chi connectivity index (χ4n) is 1.59. The normalized spacial score (nSPS) is 10.9. The number of benzene rings is 1. The summed E-state index contributed by atoms with van der Waals surface area (Å²) >= 11 is 1.73. The van der Waals surface area contributed by atoms with Crippen molar-refractivity contribution in [3.8, 4) is 5.75 Å². The number of methoxy groups -OCH3 is 1. The van der Waals surface area contributed by atoms with Gasteiger partial charge in [0.05, 0.1) is 12.0 Å². The van der Waals surface area contributed by atoms with Gasteiger partial charge in [-0.05, 0) is 30.4 Å². The monoisotopic (exact) mass is 250 g/mol. The molecule has 0 aliphatic heterocycles. The van der Waals surface area contributed by atoms with Crippen molar-refractivity contribution < 1.29 is 4.74 Å². The highest BCUT2D eigenvalue weighted by Gasteiger charge is 1.98. The third-order valence-electron chi connectivity index (χ3n) is 2.58.